The Morgan fingerprint density at radius 2 is 2.17 bits per heavy atom. The summed E-state index contributed by atoms with van der Waals surface area (Å²) in [5.74, 6) is 0.280. The molecule has 5 heteroatoms. The van der Waals surface area contributed by atoms with Gasteiger partial charge in [0.15, 0.2) is 0 Å². The maximum Gasteiger partial charge on any atom is 0.254 e. The Morgan fingerprint density at radius 3 is 2.83 bits per heavy atom. The third kappa shape index (κ3) is 3.47. The van der Waals surface area contributed by atoms with Crippen LogP contribution in [-0.2, 0) is 4.79 Å². The number of amides is 1. The number of pyridine rings is 1. The van der Waals surface area contributed by atoms with E-state index >= 15 is 0 Å². The van der Waals surface area contributed by atoms with Gasteiger partial charge in [-0.25, -0.2) is 0 Å². The molecule has 0 bridgehead atoms. The molecule has 2 fully saturated rings. The van der Waals surface area contributed by atoms with Crippen LogP contribution in [0.1, 0.15) is 50.1 Å². The van der Waals surface area contributed by atoms with E-state index in [0.717, 1.165) is 32.2 Å². The smallest absolute Gasteiger partial charge is 0.254 e. The molecule has 1 aliphatic carbocycles. The van der Waals surface area contributed by atoms with E-state index in [0.29, 0.717) is 25.3 Å². The van der Waals surface area contributed by atoms with E-state index in [2.05, 4.69) is 23.0 Å². The van der Waals surface area contributed by atoms with Gasteiger partial charge in [-0.3, -0.25) is 14.7 Å². The van der Waals surface area contributed by atoms with Crippen LogP contribution in [0.3, 0.4) is 0 Å². The molecule has 1 aliphatic heterocycles. The van der Waals surface area contributed by atoms with Crippen molar-refractivity contribution in [2.75, 3.05) is 27.2 Å². The fourth-order valence-electron chi connectivity index (χ4n) is 4.44. The van der Waals surface area contributed by atoms with E-state index < -0.39 is 5.60 Å². The number of rotatable bonds is 4. The molecule has 0 unspecified atom stereocenters. The Morgan fingerprint density at radius 1 is 1.42 bits per heavy atom. The molecule has 1 N–H and O–H groups in total. The first-order valence-corrected chi connectivity index (χ1v) is 9.09. The largest absolute Gasteiger partial charge is 0.380 e. The van der Waals surface area contributed by atoms with Crippen molar-refractivity contribution in [3.8, 4) is 0 Å². The van der Waals surface area contributed by atoms with E-state index in [1.807, 2.05) is 19.3 Å². The normalized spacial score (nSPS) is 27.1. The molecule has 3 rings (SSSR count). The number of aliphatic hydroxyl groups is 1. The summed E-state index contributed by atoms with van der Waals surface area (Å²) in [5.41, 5.74) is 0.0705. The number of likely N-dealkylation sites (N-methyl/N-ethyl adjacent to an activating group) is 1. The number of likely N-dealkylation sites (tertiary alicyclic amines) is 1. The SMILES string of the molecule is CN(C[C@@H]1CCN(C)[C@H]1c1cccnc1)C(=O)C1(O)CCCCC1. The lowest BCUT2D eigenvalue weighted by atomic mass is 9.83. The molecule has 5 nitrogen and oxygen atoms in total. The molecule has 1 saturated carbocycles. The Kier molecular flexibility index (Phi) is 5.21. The molecule has 0 radical (unpaired) electrons. The van der Waals surface area contributed by atoms with Crippen LogP contribution in [0.4, 0.5) is 0 Å². The van der Waals surface area contributed by atoms with Crippen LogP contribution in [0.15, 0.2) is 24.5 Å². The van der Waals surface area contributed by atoms with Gasteiger partial charge in [0, 0.05) is 32.0 Å². The molecule has 2 heterocycles. The first-order chi connectivity index (χ1) is 11.5. The highest BCUT2D eigenvalue weighted by molar-refractivity contribution is 5.84. The second-order valence-corrected chi connectivity index (χ2v) is 7.54. The third-order valence-corrected chi connectivity index (χ3v) is 5.73. The van der Waals surface area contributed by atoms with E-state index in [1.165, 1.54) is 5.56 Å². The average molecular weight is 331 g/mol. The second kappa shape index (κ2) is 7.19. The first-order valence-electron chi connectivity index (χ1n) is 9.09. The van der Waals surface area contributed by atoms with Crippen molar-refractivity contribution in [3.63, 3.8) is 0 Å². The summed E-state index contributed by atoms with van der Waals surface area (Å²) in [5, 5.41) is 10.7. The molecule has 1 saturated heterocycles. The van der Waals surface area contributed by atoms with Crippen molar-refractivity contribution >= 4 is 5.91 Å². The summed E-state index contributed by atoms with van der Waals surface area (Å²) in [7, 11) is 3.97. The minimum absolute atomic E-state index is 0.0957. The van der Waals surface area contributed by atoms with Gasteiger partial charge >= 0.3 is 0 Å². The van der Waals surface area contributed by atoms with Crippen molar-refractivity contribution in [2.24, 2.45) is 5.92 Å². The van der Waals surface area contributed by atoms with Crippen molar-refractivity contribution in [1.82, 2.24) is 14.8 Å². The number of hydrogen-bond donors (Lipinski definition) is 1. The molecule has 0 aromatic carbocycles. The molecule has 1 amide bonds. The lowest BCUT2D eigenvalue weighted by Crippen LogP contribution is -2.50. The molecule has 2 atom stereocenters. The molecule has 2 aliphatic rings. The number of hydrogen-bond acceptors (Lipinski definition) is 4. The van der Waals surface area contributed by atoms with E-state index in [9.17, 15) is 9.90 Å². The number of carbonyl (C=O) groups excluding carboxylic acids is 1. The van der Waals surface area contributed by atoms with Gasteiger partial charge in [-0.15, -0.1) is 0 Å². The topological polar surface area (TPSA) is 56.7 Å². The lowest BCUT2D eigenvalue weighted by molar-refractivity contribution is -0.154. The summed E-state index contributed by atoms with van der Waals surface area (Å²) in [4.78, 5) is 21.1. The Hall–Kier alpha value is -1.46. The zero-order valence-corrected chi connectivity index (χ0v) is 14.8. The number of aromatic nitrogens is 1. The number of carbonyl (C=O) groups is 1. The summed E-state index contributed by atoms with van der Waals surface area (Å²) < 4.78 is 0. The average Bonchev–Trinajstić information content (AvgIpc) is 2.96. The van der Waals surface area contributed by atoms with Gasteiger partial charge in [0.05, 0.1) is 0 Å². The Bertz CT molecular complexity index is 557. The summed E-state index contributed by atoms with van der Waals surface area (Å²) in [6, 6.07) is 4.37. The van der Waals surface area contributed by atoms with E-state index in [-0.39, 0.29) is 11.9 Å². The van der Waals surface area contributed by atoms with Crippen molar-refractivity contribution in [3.05, 3.63) is 30.1 Å². The molecule has 1 aromatic heterocycles. The Labute approximate surface area is 144 Å². The van der Waals surface area contributed by atoms with Gasteiger partial charge in [0.2, 0.25) is 0 Å². The van der Waals surface area contributed by atoms with Crippen LogP contribution in [-0.4, -0.2) is 58.6 Å². The van der Waals surface area contributed by atoms with Crippen LogP contribution in [0, 0.1) is 5.92 Å². The van der Waals surface area contributed by atoms with E-state index in [1.54, 1.807) is 11.1 Å². The zero-order valence-electron chi connectivity index (χ0n) is 14.8. The fraction of sp³-hybridized carbons (Fsp3) is 0.684. The molecular weight excluding hydrogens is 302 g/mol. The van der Waals surface area contributed by atoms with Gasteiger partial charge in [-0.1, -0.05) is 25.3 Å². The Balaban J connectivity index is 1.69. The standard InChI is InChI=1S/C19H29N3O2/c1-21-12-8-16(17(21)15-7-6-11-20-13-15)14-22(2)18(23)19(24)9-4-3-5-10-19/h6-7,11,13,16-17,24H,3-5,8-10,12,14H2,1-2H3/t16-,17-/m0/s1. The number of nitrogens with zero attached hydrogens (tertiary/aromatic N) is 3. The maximum absolute atomic E-state index is 12.8. The predicted octanol–water partition coefficient (Wildman–Crippen LogP) is 2.23. The fourth-order valence-corrected chi connectivity index (χ4v) is 4.44. The van der Waals surface area contributed by atoms with Gasteiger partial charge in [-0.05, 0) is 50.4 Å². The van der Waals surface area contributed by atoms with Crippen molar-refractivity contribution < 1.29 is 9.90 Å². The maximum atomic E-state index is 12.8. The monoisotopic (exact) mass is 331 g/mol. The van der Waals surface area contributed by atoms with Gasteiger partial charge in [-0.2, -0.15) is 0 Å². The van der Waals surface area contributed by atoms with Crippen molar-refractivity contribution in [2.45, 2.75) is 50.2 Å². The summed E-state index contributed by atoms with van der Waals surface area (Å²) >= 11 is 0. The minimum atomic E-state index is -1.14. The van der Waals surface area contributed by atoms with Crippen molar-refractivity contribution in [1.29, 1.82) is 0 Å². The zero-order chi connectivity index (χ0) is 17.2. The molecule has 132 valence electrons. The summed E-state index contributed by atoms with van der Waals surface area (Å²) in [6.07, 6.45) is 9.00. The van der Waals surface area contributed by atoms with Crippen LogP contribution in [0.25, 0.3) is 0 Å². The molecule has 0 spiro atoms. The van der Waals surface area contributed by atoms with Crippen LogP contribution in [0.5, 0.6) is 0 Å². The van der Waals surface area contributed by atoms with Crippen LogP contribution < -0.4 is 0 Å². The highest BCUT2D eigenvalue weighted by atomic mass is 16.3. The highest BCUT2D eigenvalue weighted by Crippen LogP contribution is 2.37. The quantitative estimate of drug-likeness (QED) is 0.919. The van der Waals surface area contributed by atoms with E-state index in [4.69, 9.17) is 0 Å². The van der Waals surface area contributed by atoms with Crippen LogP contribution >= 0.6 is 0 Å². The predicted molar refractivity (Wildman–Crippen MR) is 93.4 cm³/mol. The molecule has 24 heavy (non-hydrogen) atoms. The third-order valence-electron chi connectivity index (χ3n) is 5.73. The lowest BCUT2D eigenvalue weighted by Gasteiger charge is -2.36. The highest BCUT2D eigenvalue weighted by Gasteiger charge is 2.41. The minimum Gasteiger partial charge on any atom is -0.380 e. The summed E-state index contributed by atoms with van der Waals surface area (Å²) in [6.45, 7) is 1.71. The van der Waals surface area contributed by atoms with Gasteiger partial charge in [0.25, 0.3) is 5.91 Å². The first kappa shape index (κ1) is 17.4. The molecular formula is C19H29N3O2. The van der Waals surface area contributed by atoms with Gasteiger partial charge in [0.1, 0.15) is 5.60 Å². The van der Waals surface area contributed by atoms with Crippen LogP contribution in [0.2, 0.25) is 0 Å². The molecule has 1 aromatic rings. The van der Waals surface area contributed by atoms with Gasteiger partial charge < -0.3 is 10.0 Å². The second-order valence-electron chi connectivity index (χ2n) is 7.54.